The van der Waals surface area contributed by atoms with Crippen LogP contribution in [-0.2, 0) is 14.3 Å². The Morgan fingerprint density at radius 2 is 2.21 bits per heavy atom. The van der Waals surface area contributed by atoms with Crippen molar-refractivity contribution in [1.82, 2.24) is 0 Å². The van der Waals surface area contributed by atoms with Gasteiger partial charge in [-0.25, -0.2) is 0 Å². The summed E-state index contributed by atoms with van der Waals surface area (Å²) in [5.41, 5.74) is 0.971. The highest BCUT2D eigenvalue weighted by Gasteiger charge is 2.33. The zero-order valence-electron chi connectivity index (χ0n) is 10.6. The van der Waals surface area contributed by atoms with Crippen LogP contribution in [0, 0.1) is 17.2 Å². The van der Waals surface area contributed by atoms with Gasteiger partial charge in [0.15, 0.2) is 6.10 Å². The first-order valence-corrected chi connectivity index (χ1v) is 6.11. The number of hydrogen-bond donors (Lipinski definition) is 1. The lowest BCUT2D eigenvalue weighted by molar-refractivity contribution is -0.154. The average molecular weight is 258 g/mol. The number of carbonyl (C=O) groups excluding carboxylic acids is 2. The van der Waals surface area contributed by atoms with Crippen molar-refractivity contribution in [3.05, 3.63) is 29.8 Å². The first-order chi connectivity index (χ1) is 9.10. The highest BCUT2D eigenvalue weighted by Crippen LogP contribution is 2.30. The Morgan fingerprint density at radius 3 is 2.84 bits per heavy atom. The van der Waals surface area contributed by atoms with Crippen LogP contribution in [0.3, 0.4) is 0 Å². The summed E-state index contributed by atoms with van der Waals surface area (Å²) >= 11 is 0. The van der Waals surface area contributed by atoms with Gasteiger partial charge in [-0.3, -0.25) is 9.59 Å². The van der Waals surface area contributed by atoms with E-state index in [1.54, 1.807) is 24.3 Å². The maximum absolute atomic E-state index is 11.8. The molecule has 19 heavy (non-hydrogen) atoms. The van der Waals surface area contributed by atoms with Gasteiger partial charge in [-0.05, 0) is 38.0 Å². The maximum atomic E-state index is 11.8. The van der Waals surface area contributed by atoms with Gasteiger partial charge >= 0.3 is 5.97 Å². The van der Waals surface area contributed by atoms with Gasteiger partial charge in [-0.1, -0.05) is 6.07 Å². The third-order valence-corrected chi connectivity index (χ3v) is 2.83. The first kappa shape index (κ1) is 13.1. The number of ether oxygens (including phenoxy) is 1. The number of anilines is 1. The van der Waals surface area contributed by atoms with Crippen LogP contribution in [-0.4, -0.2) is 18.0 Å². The Morgan fingerprint density at radius 1 is 1.47 bits per heavy atom. The average Bonchev–Trinajstić information content (AvgIpc) is 3.23. The van der Waals surface area contributed by atoms with Gasteiger partial charge in [0.2, 0.25) is 0 Å². The molecule has 98 valence electrons. The predicted octanol–water partition coefficient (Wildman–Crippen LogP) is 1.84. The highest BCUT2D eigenvalue weighted by atomic mass is 16.5. The first-order valence-electron chi connectivity index (χ1n) is 6.11. The Labute approximate surface area is 111 Å². The van der Waals surface area contributed by atoms with E-state index >= 15 is 0 Å². The van der Waals surface area contributed by atoms with Gasteiger partial charge in [-0.2, -0.15) is 5.26 Å². The molecule has 0 aromatic heterocycles. The molecule has 0 bridgehead atoms. The van der Waals surface area contributed by atoms with Crippen molar-refractivity contribution in [2.24, 2.45) is 5.92 Å². The molecule has 0 radical (unpaired) electrons. The van der Waals surface area contributed by atoms with Gasteiger partial charge in [0.25, 0.3) is 5.91 Å². The highest BCUT2D eigenvalue weighted by molar-refractivity contribution is 5.95. The number of esters is 1. The molecule has 1 saturated carbocycles. The van der Waals surface area contributed by atoms with Crippen LogP contribution in [0.4, 0.5) is 5.69 Å². The van der Waals surface area contributed by atoms with Crippen molar-refractivity contribution in [3.8, 4) is 6.07 Å². The summed E-state index contributed by atoms with van der Waals surface area (Å²) in [4.78, 5) is 23.2. The lowest BCUT2D eigenvalue weighted by atomic mass is 10.2. The molecule has 1 amide bonds. The molecule has 1 aromatic rings. The molecular weight excluding hydrogens is 244 g/mol. The minimum absolute atomic E-state index is 0.0304. The number of nitrogens with zero attached hydrogens (tertiary/aromatic N) is 1. The Hall–Kier alpha value is -2.35. The molecule has 0 unspecified atom stereocenters. The fourth-order valence-corrected chi connectivity index (χ4v) is 1.55. The smallest absolute Gasteiger partial charge is 0.309 e. The Kier molecular flexibility index (Phi) is 3.81. The van der Waals surface area contributed by atoms with Crippen LogP contribution in [0.25, 0.3) is 0 Å². The van der Waals surface area contributed by atoms with Crippen molar-refractivity contribution in [3.63, 3.8) is 0 Å². The summed E-state index contributed by atoms with van der Waals surface area (Å²) in [6, 6.07) is 8.55. The van der Waals surface area contributed by atoms with Crippen molar-refractivity contribution in [2.75, 3.05) is 5.32 Å². The van der Waals surface area contributed by atoms with E-state index < -0.39 is 12.0 Å². The van der Waals surface area contributed by atoms with Crippen LogP contribution in [0.1, 0.15) is 25.3 Å². The number of carbonyl (C=O) groups is 2. The van der Waals surface area contributed by atoms with E-state index in [1.165, 1.54) is 6.92 Å². The molecule has 1 N–H and O–H groups in total. The monoisotopic (exact) mass is 258 g/mol. The van der Waals surface area contributed by atoms with Gasteiger partial charge in [0, 0.05) is 5.69 Å². The van der Waals surface area contributed by atoms with E-state index in [1.807, 2.05) is 6.07 Å². The SMILES string of the molecule is C[C@H](OC(=O)C1CC1)C(=O)Nc1cccc(C#N)c1. The molecular formula is C14H14N2O3. The second-order valence-electron chi connectivity index (χ2n) is 4.54. The van der Waals surface area contributed by atoms with Gasteiger partial charge in [-0.15, -0.1) is 0 Å². The van der Waals surface area contributed by atoms with Gasteiger partial charge in [0.1, 0.15) is 0 Å². The zero-order valence-corrected chi connectivity index (χ0v) is 10.6. The second-order valence-corrected chi connectivity index (χ2v) is 4.54. The standard InChI is InChI=1S/C14H14N2O3/c1-9(19-14(18)11-5-6-11)13(17)16-12-4-2-3-10(7-12)8-15/h2-4,7,9,11H,5-6H2,1H3,(H,16,17)/t9-/m0/s1. The molecule has 0 aliphatic heterocycles. The molecule has 0 saturated heterocycles. The third kappa shape index (κ3) is 3.55. The third-order valence-electron chi connectivity index (χ3n) is 2.83. The quantitative estimate of drug-likeness (QED) is 0.836. The molecule has 1 aliphatic rings. The largest absolute Gasteiger partial charge is 0.452 e. The summed E-state index contributed by atoms with van der Waals surface area (Å²) in [7, 11) is 0. The molecule has 1 aromatic carbocycles. The molecule has 1 fully saturated rings. The maximum Gasteiger partial charge on any atom is 0.309 e. The Balaban J connectivity index is 1.92. The fraction of sp³-hybridized carbons (Fsp3) is 0.357. The lowest BCUT2D eigenvalue weighted by Gasteiger charge is -2.13. The summed E-state index contributed by atoms with van der Waals surface area (Å²) in [5, 5.41) is 11.4. The van der Waals surface area contributed by atoms with E-state index in [2.05, 4.69) is 5.32 Å². The molecule has 1 atom stereocenters. The van der Waals surface area contributed by atoms with Gasteiger partial charge < -0.3 is 10.1 Å². The molecule has 5 nitrogen and oxygen atoms in total. The van der Waals surface area contributed by atoms with E-state index in [0.717, 1.165) is 12.8 Å². The topological polar surface area (TPSA) is 79.2 Å². The number of nitrogens with one attached hydrogen (secondary N) is 1. The predicted molar refractivity (Wildman–Crippen MR) is 68.1 cm³/mol. The number of rotatable bonds is 4. The van der Waals surface area contributed by atoms with Crippen molar-refractivity contribution in [2.45, 2.75) is 25.9 Å². The van der Waals surface area contributed by atoms with Gasteiger partial charge in [0.05, 0.1) is 17.6 Å². The minimum atomic E-state index is -0.834. The van der Waals surface area contributed by atoms with Crippen molar-refractivity contribution >= 4 is 17.6 Å². The lowest BCUT2D eigenvalue weighted by Crippen LogP contribution is -2.30. The normalized spacial score (nSPS) is 15.2. The van der Waals surface area contributed by atoms with Crippen LogP contribution in [0.15, 0.2) is 24.3 Å². The summed E-state index contributed by atoms with van der Waals surface area (Å²) in [6.45, 7) is 1.53. The van der Waals surface area contributed by atoms with E-state index in [0.29, 0.717) is 11.3 Å². The fourth-order valence-electron chi connectivity index (χ4n) is 1.55. The molecule has 1 aliphatic carbocycles. The zero-order chi connectivity index (χ0) is 13.8. The summed E-state index contributed by atoms with van der Waals surface area (Å²) in [6.07, 6.45) is 0.855. The summed E-state index contributed by atoms with van der Waals surface area (Å²) < 4.78 is 5.05. The molecule has 0 spiro atoms. The number of nitriles is 1. The van der Waals surface area contributed by atoms with Crippen LogP contribution in [0.5, 0.6) is 0 Å². The number of benzene rings is 1. The minimum Gasteiger partial charge on any atom is -0.452 e. The van der Waals surface area contributed by atoms with E-state index in [4.69, 9.17) is 10.00 Å². The molecule has 0 heterocycles. The van der Waals surface area contributed by atoms with Crippen LogP contribution >= 0.6 is 0 Å². The van der Waals surface area contributed by atoms with Crippen molar-refractivity contribution in [1.29, 1.82) is 5.26 Å². The molecule has 5 heteroatoms. The van der Waals surface area contributed by atoms with Crippen LogP contribution in [0.2, 0.25) is 0 Å². The van der Waals surface area contributed by atoms with E-state index in [9.17, 15) is 9.59 Å². The Bertz CT molecular complexity index is 544. The molecule has 2 rings (SSSR count). The number of hydrogen-bond acceptors (Lipinski definition) is 4. The summed E-state index contributed by atoms with van der Waals surface area (Å²) in [5.74, 6) is -0.741. The van der Waals surface area contributed by atoms with E-state index in [-0.39, 0.29) is 11.9 Å². The number of amides is 1. The second kappa shape index (κ2) is 5.53. The van der Waals surface area contributed by atoms with Crippen LogP contribution < -0.4 is 5.32 Å². The van der Waals surface area contributed by atoms with Crippen molar-refractivity contribution < 1.29 is 14.3 Å².